The Bertz CT molecular complexity index is 961. The van der Waals surface area contributed by atoms with Crippen molar-refractivity contribution in [3.63, 3.8) is 0 Å². The lowest BCUT2D eigenvalue weighted by Crippen LogP contribution is -2.44. The molecule has 0 radical (unpaired) electrons. The average molecular weight is 558 g/mol. The maximum Gasteiger partial charge on any atom is 0.192 e. The molecule has 0 saturated heterocycles. The van der Waals surface area contributed by atoms with Gasteiger partial charge in [0.15, 0.2) is 22.4 Å². The molecular weight excluding hydrogens is 503 g/mol. The van der Waals surface area contributed by atoms with Crippen molar-refractivity contribution < 1.29 is 13.6 Å². The molecule has 0 amide bonds. The third-order valence-electron chi connectivity index (χ3n) is 8.69. The lowest BCUT2D eigenvalue weighted by molar-refractivity contribution is -0.116. The van der Waals surface area contributed by atoms with Crippen LogP contribution in [0.3, 0.4) is 0 Å². The molecule has 0 aromatic heterocycles. The van der Waals surface area contributed by atoms with Gasteiger partial charge < -0.3 is 13.8 Å². The fourth-order valence-electron chi connectivity index (χ4n) is 4.13. The molecular formula is C32H55NO3Si2. The fourth-order valence-corrected chi connectivity index (χ4v) is 6.20. The van der Waals surface area contributed by atoms with Gasteiger partial charge >= 0.3 is 0 Å². The van der Waals surface area contributed by atoms with E-state index < -0.39 is 16.6 Å². The first-order valence-corrected chi connectivity index (χ1v) is 20.1. The van der Waals surface area contributed by atoms with E-state index in [1.165, 1.54) is 5.69 Å². The largest absolute Gasteiger partial charge is 0.415 e. The second-order valence-electron chi connectivity index (χ2n) is 14.8. The van der Waals surface area contributed by atoms with E-state index in [0.29, 0.717) is 6.42 Å². The Morgan fingerprint density at radius 2 is 1.29 bits per heavy atom. The first kappa shape index (κ1) is 32.7. The fraction of sp³-hybridized carbons (Fsp3) is 0.656. The number of rotatable bonds is 11. The first-order valence-electron chi connectivity index (χ1n) is 14.3. The van der Waals surface area contributed by atoms with Crippen LogP contribution >= 0.6 is 0 Å². The van der Waals surface area contributed by atoms with Crippen LogP contribution in [0.25, 0.3) is 6.08 Å². The standard InChI is InChI=1S/C32H55NO3Si2/c1-30(2,3)37(9,10)35-21-19-33(20-22-36-38(11,12)31(4,5)6)28-17-15-26(16-18-28)13-14-27-23-29(34)25-32(7,8)24-27/h13-18,23H,19-22,24-25H2,1-12H3/b14-13+. The molecule has 0 spiro atoms. The second-order valence-corrected chi connectivity index (χ2v) is 24.5. The Morgan fingerprint density at radius 1 is 0.816 bits per heavy atom. The van der Waals surface area contributed by atoms with Crippen LogP contribution in [0.4, 0.5) is 5.69 Å². The molecule has 1 aromatic carbocycles. The normalized spacial score (nSPS) is 17.2. The Labute approximate surface area is 236 Å². The van der Waals surface area contributed by atoms with Gasteiger partial charge in [-0.25, -0.2) is 0 Å². The van der Waals surface area contributed by atoms with Crippen LogP contribution in [0.15, 0.2) is 42.0 Å². The van der Waals surface area contributed by atoms with Gasteiger partial charge in [-0.05, 0) is 77.4 Å². The lowest BCUT2D eigenvalue weighted by Gasteiger charge is -2.38. The molecule has 1 aromatic rings. The third-order valence-corrected chi connectivity index (χ3v) is 17.8. The molecule has 0 heterocycles. The molecule has 0 bridgehead atoms. The molecule has 214 valence electrons. The molecule has 0 unspecified atom stereocenters. The van der Waals surface area contributed by atoms with Crippen molar-refractivity contribution in [1.82, 2.24) is 0 Å². The topological polar surface area (TPSA) is 38.8 Å². The Balaban J connectivity index is 2.13. The summed E-state index contributed by atoms with van der Waals surface area (Å²) in [6.45, 7) is 30.4. The number of hydrogen-bond donors (Lipinski definition) is 0. The molecule has 0 atom stereocenters. The van der Waals surface area contributed by atoms with Gasteiger partial charge in [0.05, 0.1) is 13.2 Å². The quantitative estimate of drug-likeness (QED) is 0.255. The minimum atomic E-state index is -1.80. The summed E-state index contributed by atoms with van der Waals surface area (Å²) in [5.74, 6) is 0.228. The van der Waals surface area contributed by atoms with Crippen molar-refractivity contribution >= 4 is 34.2 Å². The zero-order chi connectivity index (χ0) is 29.0. The van der Waals surface area contributed by atoms with Gasteiger partial charge in [0, 0.05) is 25.2 Å². The molecule has 2 rings (SSSR count). The number of ketones is 1. The monoisotopic (exact) mass is 557 g/mol. The molecule has 38 heavy (non-hydrogen) atoms. The number of carbonyl (C=O) groups is 1. The predicted molar refractivity (Wildman–Crippen MR) is 170 cm³/mol. The SMILES string of the molecule is CC1(C)CC(=O)C=C(/C=C/c2ccc(N(CCO[Si](C)(C)C(C)(C)C)CCO[Si](C)(C)C(C)(C)C)cc2)C1. The Kier molecular flexibility index (Phi) is 10.6. The number of benzene rings is 1. The van der Waals surface area contributed by atoms with E-state index in [1.807, 2.05) is 6.08 Å². The molecule has 0 aliphatic heterocycles. The minimum Gasteiger partial charge on any atom is -0.415 e. The second kappa shape index (κ2) is 12.4. The van der Waals surface area contributed by atoms with Crippen molar-refractivity contribution in [2.75, 3.05) is 31.2 Å². The summed E-state index contributed by atoms with van der Waals surface area (Å²) in [5, 5.41) is 0.399. The van der Waals surface area contributed by atoms with E-state index in [4.69, 9.17) is 8.85 Å². The van der Waals surface area contributed by atoms with Crippen LogP contribution in [0.1, 0.15) is 73.8 Å². The molecule has 0 fully saturated rings. The summed E-state index contributed by atoms with van der Waals surface area (Å²) >= 11 is 0. The maximum atomic E-state index is 12.1. The van der Waals surface area contributed by atoms with E-state index in [1.54, 1.807) is 0 Å². The van der Waals surface area contributed by atoms with E-state index in [-0.39, 0.29) is 21.3 Å². The molecule has 0 saturated carbocycles. The predicted octanol–water partition coefficient (Wildman–Crippen LogP) is 8.87. The minimum absolute atomic E-state index is 0.0365. The summed E-state index contributed by atoms with van der Waals surface area (Å²) in [6, 6.07) is 8.72. The Hall–Kier alpha value is -1.48. The summed E-state index contributed by atoms with van der Waals surface area (Å²) in [7, 11) is -3.60. The van der Waals surface area contributed by atoms with Gasteiger partial charge in [-0.1, -0.05) is 79.7 Å². The van der Waals surface area contributed by atoms with Crippen LogP contribution < -0.4 is 4.90 Å². The van der Waals surface area contributed by atoms with Crippen molar-refractivity contribution in [1.29, 1.82) is 0 Å². The van der Waals surface area contributed by atoms with Gasteiger partial charge in [0.1, 0.15) is 0 Å². The molecule has 0 N–H and O–H groups in total. The van der Waals surface area contributed by atoms with Gasteiger partial charge in [-0.15, -0.1) is 0 Å². The molecule has 1 aliphatic rings. The van der Waals surface area contributed by atoms with Gasteiger partial charge in [0.25, 0.3) is 0 Å². The van der Waals surface area contributed by atoms with Crippen LogP contribution in [0.2, 0.25) is 36.3 Å². The molecule has 6 heteroatoms. The summed E-state index contributed by atoms with van der Waals surface area (Å²) < 4.78 is 13.0. The summed E-state index contributed by atoms with van der Waals surface area (Å²) in [5.41, 5.74) is 3.48. The van der Waals surface area contributed by atoms with Crippen LogP contribution in [-0.2, 0) is 13.6 Å². The molecule has 4 nitrogen and oxygen atoms in total. The van der Waals surface area contributed by atoms with Crippen LogP contribution in [0.5, 0.6) is 0 Å². The van der Waals surface area contributed by atoms with Crippen molar-refractivity contribution in [2.45, 2.75) is 104 Å². The average Bonchev–Trinajstić information content (AvgIpc) is 2.74. The number of carbonyl (C=O) groups excluding carboxylic acids is 1. The van der Waals surface area contributed by atoms with Crippen molar-refractivity contribution in [3.8, 4) is 0 Å². The maximum absolute atomic E-state index is 12.1. The van der Waals surface area contributed by atoms with Gasteiger partial charge in [-0.3, -0.25) is 4.79 Å². The van der Waals surface area contributed by atoms with Crippen molar-refractivity contribution in [2.24, 2.45) is 5.41 Å². The highest BCUT2D eigenvalue weighted by Gasteiger charge is 2.38. The number of anilines is 1. The van der Waals surface area contributed by atoms with E-state index in [9.17, 15) is 4.79 Å². The summed E-state index contributed by atoms with van der Waals surface area (Å²) in [4.78, 5) is 14.5. The summed E-state index contributed by atoms with van der Waals surface area (Å²) in [6.07, 6.45) is 7.60. The zero-order valence-electron chi connectivity index (χ0n) is 26.5. The number of nitrogens with zero attached hydrogens (tertiary/aromatic N) is 1. The van der Waals surface area contributed by atoms with E-state index in [0.717, 1.165) is 43.9 Å². The van der Waals surface area contributed by atoms with E-state index in [2.05, 4.69) is 123 Å². The highest BCUT2D eigenvalue weighted by atomic mass is 28.4. The lowest BCUT2D eigenvalue weighted by atomic mass is 9.77. The third kappa shape index (κ3) is 9.62. The van der Waals surface area contributed by atoms with Crippen LogP contribution in [-0.4, -0.2) is 48.7 Å². The first-order chi connectivity index (χ1) is 17.2. The number of hydrogen-bond acceptors (Lipinski definition) is 4. The van der Waals surface area contributed by atoms with Gasteiger partial charge in [-0.2, -0.15) is 0 Å². The Morgan fingerprint density at radius 3 is 1.71 bits per heavy atom. The van der Waals surface area contributed by atoms with E-state index >= 15 is 0 Å². The van der Waals surface area contributed by atoms with Crippen molar-refractivity contribution in [3.05, 3.63) is 47.6 Å². The smallest absolute Gasteiger partial charge is 0.192 e. The number of allylic oxidation sites excluding steroid dienone is 3. The zero-order valence-corrected chi connectivity index (χ0v) is 28.5. The highest BCUT2D eigenvalue weighted by Crippen LogP contribution is 2.38. The van der Waals surface area contributed by atoms with Crippen LogP contribution in [0, 0.1) is 5.41 Å². The molecule has 1 aliphatic carbocycles. The highest BCUT2D eigenvalue weighted by molar-refractivity contribution is 6.74. The van der Waals surface area contributed by atoms with Gasteiger partial charge in [0.2, 0.25) is 0 Å².